The van der Waals surface area contributed by atoms with Crippen molar-refractivity contribution in [2.24, 2.45) is 0 Å². The van der Waals surface area contributed by atoms with Crippen molar-refractivity contribution < 1.29 is 4.74 Å². The fraction of sp³-hybridized carbons (Fsp3) is 0.357. The standard InChI is InChI=1S/C28H32N6OSSi/c1-37(2,3)14-13-35-28-33-18-22(16-29)32-26(33)27(36)34(28)24-11-9-20(21-10-12-25(30)31-17-21)15-23(24)19-7-5-4-6-8-19/h7,9-12,15,17-18,28H,4-6,8,13-14H2,1-3H3,(H2,30,31). The highest BCUT2D eigenvalue weighted by atomic mass is 32.1. The van der Waals surface area contributed by atoms with Crippen LogP contribution in [-0.4, -0.2) is 34.2 Å². The van der Waals surface area contributed by atoms with Crippen molar-refractivity contribution in [3.8, 4) is 17.2 Å². The smallest absolute Gasteiger partial charge is 0.220 e. The molecule has 3 heterocycles. The molecule has 0 saturated carbocycles. The molecular weight excluding hydrogens is 497 g/mol. The second-order valence-electron chi connectivity index (χ2n) is 10.8. The minimum atomic E-state index is -1.30. The summed E-state index contributed by atoms with van der Waals surface area (Å²) < 4.78 is 8.42. The van der Waals surface area contributed by atoms with Crippen molar-refractivity contribution in [3.05, 3.63) is 65.9 Å². The third-order valence-corrected chi connectivity index (χ3v) is 8.93. The molecule has 1 aromatic carbocycles. The molecule has 9 heteroatoms. The Bertz CT molecular complexity index is 1400. The molecule has 7 nitrogen and oxygen atoms in total. The molecule has 0 fully saturated rings. The lowest BCUT2D eigenvalue weighted by molar-refractivity contribution is 0.0230. The van der Waals surface area contributed by atoms with Crippen molar-refractivity contribution in [3.63, 3.8) is 0 Å². The average molecular weight is 529 g/mol. The zero-order chi connectivity index (χ0) is 26.2. The van der Waals surface area contributed by atoms with Crippen LogP contribution in [0.2, 0.25) is 25.7 Å². The quantitative estimate of drug-likeness (QED) is 0.282. The molecule has 1 atom stereocenters. The topological polar surface area (TPSA) is 93.0 Å². The van der Waals surface area contributed by atoms with E-state index < -0.39 is 14.4 Å². The number of hydrogen-bond donors (Lipinski definition) is 1. The van der Waals surface area contributed by atoms with Gasteiger partial charge in [-0.15, -0.1) is 0 Å². The van der Waals surface area contributed by atoms with Gasteiger partial charge in [0.15, 0.2) is 16.5 Å². The first-order valence-corrected chi connectivity index (χ1v) is 16.9. The van der Waals surface area contributed by atoms with Gasteiger partial charge in [-0.3, -0.25) is 9.47 Å². The highest BCUT2D eigenvalue weighted by molar-refractivity contribution is 7.81. The van der Waals surface area contributed by atoms with Crippen molar-refractivity contribution in [2.45, 2.75) is 57.7 Å². The summed E-state index contributed by atoms with van der Waals surface area (Å²) in [6, 6.07) is 13.4. The normalized spacial score (nSPS) is 17.5. The number of ether oxygens (including phenoxy) is 1. The minimum Gasteiger partial charge on any atom is -0.384 e. The second kappa shape index (κ2) is 10.2. The summed E-state index contributed by atoms with van der Waals surface area (Å²) in [4.78, 5) is 11.4. The average Bonchev–Trinajstić information content (AvgIpc) is 3.42. The number of imidazole rings is 1. The van der Waals surface area contributed by atoms with Crippen LogP contribution in [0, 0.1) is 11.3 Å². The number of nitriles is 1. The number of nitrogen functional groups attached to an aromatic ring is 1. The lowest BCUT2D eigenvalue weighted by atomic mass is 9.90. The molecule has 0 spiro atoms. The van der Waals surface area contributed by atoms with Gasteiger partial charge in [0.05, 0.1) is 5.69 Å². The molecule has 5 rings (SSSR count). The molecule has 190 valence electrons. The van der Waals surface area contributed by atoms with E-state index in [2.05, 4.69) is 64.9 Å². The van der Waals surface area contributed by atoms with Gasteiger partial charge in [0, 0.05) is 38.2 Å². The molecule has 1 aliphatic heterocycles. The van der Waals surface area contributed by atoms with Crippen LogP contribution in [-0.2, 0) is 4.74 Å². The lowest BCUT2D eigenvalue weighted by Gasteiger charge is -2.31. The van der Waals surface area contributed by atoms with E-state index in [1.54, 1.807) is 6.20 Å². The lowest BCUT2D eigenvalue weighted by Crippen LogP contribution is -2.33. The summed E-state index contributed by atoms with van der Waals surface area (Å²) in [7, 11) is -1.30. The van der Waals surface area contributed by atoms with Gasteiger partial charge in [0.1, 0.15) is 11.9 Å². The zero-order valence-electron chi connectivity index (χ0n) is 21.6. The van der Waals surface area contributed by atoms with E-state index >= 15 is 0 Å². The van der Waals surface area contributed by atoms with Gasteiger partial charge in [0.25, 0.3) is 0 Å². The SMILES string of the molecule is C[Si](C)(C)CCOC1N(c2ccc(-c3ccc(N)nc3)cc2C2=CCCCC2)C(=S)c2nc(C#N)cn21. The van der Waals surface area contributed by atoms with Gasteiger partial charge >= 0.3 is 0 Å². The number of fused-ring (bicyclic) bond motifs is 1. The number of aromatic nitrogens is 3. The van der Waals surface area contributed by atoms with Crippen LogP contribution in [0.25, 0.3) is 16.7 Å². The van der Waals surface area contributed by atoms with E-state index in [1.165, 1.54) is 12.0 Å². The Kier molecular flexibility index (Phi) is 6.99. The zero-order valence-corrected chi connectivity index (χ0v) is 23.4. The van der Waals surface area contributed by atoms with Crippen LogP contribution in [0.3, 0.4) is 0 Å². The maximum atomic E-state index is 9.47. The molecule has 1 unspecified atom stereocenters. The van der Waals surface area contributed by atoms with Crippen molar-refractivity contribution in [1.29, 1.82) is 5.26 Å². The predicted molar refractivity (Wildman–Crippen MR) is 155 cm³/mol. The van der Waals surface area contributed by atoms with Crippen molar-refractivity contribution in [1.82, 2.24) is 14.5 Å². The summed E-state index contributed by atoms with van der Waals surface area (Å²) >= 11 is 5.96. The summed E-state index contributed by atoms with van der Waals surface area (Å²) in [6.45, 7) is 7.62. The first-order chi connectivity index (χ1) is 17.7. The monoisotopic (exact) mass is 528 g/mol. The Morgan fingerprint density at radius 1 is 1.19 bits per heavy atom. The molecule has 0 saturated heterocycles. The molecule has 2 N–H and O–H groups in total. The number of benzene rings is 1. The molecule has 2 aliphatic rings. The van der Waals surface area contributed by atoms with E-state index in [0.29, 0.717) is 28.9 Å². The number of thiocarbonyl (C=S) groups is 1. The molecule has 2 aromatic heterocycles. The molecule has 0 radical (unpaired) electrons. The predicted octanol–water partition coefficient (Wildman–Crippen LogP) is 6.36. The molecule has 37 heavy (non-hydrogen) atoms. The first kappa shape index (κ1) is 25.3. The largest absolute Gasteiger partial charge is 0.384 e. The minimum absolute atomic E-state index is 0.345. The Balaban J connectivity index is 1.59. The van der Waals surface area contributed by atoms with Crippen LogP contribution >= 0.6 is 12.2 Å². The summed E-state index contributed by atoms with van der Waals surface area (Å²) in [5.41, 5.74) is 11.7. The van der Waals surface area contributed by atoms with Crippen LogP contribution in [0.4, 0.5) is 11.5 Å². The van der Waals surface area contributed by atoms with Crippen molar-refractivity contribution in [2.75, 3.05) is 17.2 Å². The number of allylic oxidation sites excluding steroid dienone is 2. The number of pyridine rings is 1. The maximum absolute atomic E-state index is 9.47. The fourth-order valence-corrected chi connectivity index (χ4v) is 5.87. The second-order valence-corrected chi connectivity index (χ2v) is 16.8. The van der Waals surface area contributed by atoms with Gasteiger partial charge < -0.3 is 10.5 Å². The number of anilines is 2. The maximum Gasteiger partial charge on any atom is 0.220 e. The number of rotatable bonds is 7. The number of hydrogen-bond acceptors (Lipinski definition) is 6. The van der Waals surface area contributed by atoms with E-state index in [9.17, 15) is 5.26 Å². The summed E-state index contributed by atoms with van der Waals surface area (Å²) in [5, 5.41) is 9.47. The summed E-state index contributed by atoms with van der Waals surface area (Å²) in [5.74, 6) is 1.10. The van der Waals surface area contributed by atoms with Gasteiger partial charge in [-0.05, 0) is 67.1 Å². The van der Waals surface area contributed by atoms with Crippen LogP contribution in [0.15, 0.2) is 48.8 Å². The van der Waals surface area contributed by atoms with Crippen LogP contribution in [0.1, 0.15) is 49.1 Å². The third kappa shape index (κ3) is 5.23. The van der Waals surface area contributed by atoms with Crippen molar-refractivity contribution >= 4 is 42.4 Å². The number of nitrogens with zero attached hydrogens (tertiary/aromatic N) is 5. The Morgan fingerprint density at radius 3 is 2.68 bits per heavy atom. The Hall–Kier alpha value is -3.32. The van der Waals surface area contributed by atoms with Crippen LogP contribution in [0.5, 0.6) is 0 Å². The van der Waals surface area contributed by atoms with E-state index in [4.69, 9.17) is 22.7 Å². The Labute approximate surface area is 224 Å². The van der Waals surface area contributed by atoms with Gasteiger partial charge in [-0.25, -0.2) is 9.97 Å². The molecule has 1 aliphatic carbocycles. The highest BCUT2D eigenvalue weighted by Gasteiger charge is 2.39. The van der Waals surface area contributed by atoms with Gasteiger partial charge in [-0.2, -0.15) is 5.26 Å². The van der Waals surface area contributed by atoms with E-state index in [-0.39, 0.29) is 0 Å². The Morgan fingerprint density at radius 2 is 2.00 bits per heavy atom. The summed E-state index contributed by atoms with van der Waals surface area (Å²) in [6.07, 6.45) is 9.86. The third-order valence-electron chi connectivity index (χ3n) is 6.85. The molecule has 0 amide bonds. The highest BCUT2D eigenvalue weighted by Crippen LogP contribution is 2.42. The van der Waals surface area contributed by atoms with E-state index in [1.807, 2.05) is 22.9 Å². The van der Waals surface area contributed by atoms with Crippen LogP contribution < -0.4 is 10.6 Å². The molecular formula is C28H32N6OSSi. The first-order valence-electron chi connectivity index (χ1n) is 12.7. The van der Waals surface area contributed by atoms with Gasteiger partial charge in [0.2, 0.25) is 6.35 Å². The number of nitrogens with two attached hydrogens (primary N) is 1. The molecule has 0 bridgehead atoms. The fourth-order valence-electron chi connectivity index (χ4n) is 4.80. The van der Waals surface area contributed by atoms with Gasteiger partial charge in [-0.1, -0.05) is 44.0 Å². The molecule has 3 aromatic rings. The van der Waals surface area contributed by atoms with E-state index in [0.717, 1.165) is 47.7 Å².